The van der Waals surface area contributed by atoms with E-state index in [1.54, 1.807) is 24.5 Å². The number of nitrogens with two attached hydrogens (primary N) is 1. The van der Waals surface area contributed by atoms with Crippen LogP contribution in [0.15, 0.2) is 36.7 Å². The number of rotatable bonds is 2. The highest BCUT2D eigenvalue weighted by Gasteiger charge is 2.24. The number of nitrogens with zero attached hydrogens (tertiary/aromatic N) is 3. The predicted octanol–water partition coefficient (Wildman–Crippen LogP) is 2.09. The summed E-state index contributed by atoms with van der Waals surface area (Å²) in [6, 6.07) is 7.11. The van der Waals surface area contributed by atoms with Gasteiger partial charge in [0.15, 0.2) is 0 Å². The van der Waals surface area contributed by atoms with Crippen LogP contribution in [0, 0.1) is 10.1 Å². The second kappa shape index (κ2) is 4.24. The number of anilines is 2. The van der Waals surface area contributed by atoms with Crippen molar-refractivity contribution in [3.8, 4) is 0 Å². The molecule has 0 aliphatic carbocycles. The maximum absolute atomic E-state index is 10.9. The van der Waals surface area contributed by atoms with E-state index in [-0.39, 0.29) is 11.4 Å². The molecular weight excluding hydrogens is 244 g/mol. The zero-order valence-electron chi connectivity index (χ0n) is 10.1. The van der Waals surface area contributed by atoms with Gasteiger partial charge in [0.05, 0.1) is 16.8 Å². The van der Waals surface area contributed by atoms with Gasteiger partial charge in [-0.25, -0.2) is 0 Å². The fraction of sp³-hybridized carbons (Fsp3) is 0.154. The Bertz CT molecular complexity index is 643. The van der Waals surface area contributed by atoms with Crippen molar-refractivity contribution in [1.82, 2.24) is 4.98 Å². The van der Waals surface area contributed by atoms with Gasteiger partial charge in [-0.3, -0.25) is 15.1 Å². The van der Waals surface area contributed by atoms with Gasteiger partial charge in [-0.1, -0.05) is 0 Å². The van der Waals surface area contributed by atoms with E-state index in [0.29, 0.717) is 13.1 Å². The average Bonchev–Trinajstić information content (AvgIpc) is 2.81. The van der Waals surface area contributed by atoms with Crippen LogP contribution >= 0.6 is 0 Å². The van der Waals surface area contributed by atoms with Gasteiger partial charge in [0.25, 0.3) is 5.69 Å². The number of fused-ring (bicyclic) bond motifs is 1. The van der Waals surface area contributed by atoms with E-state index < -0.39 is 4.92 Å². The third kappa shape index (κ3) is 1.97. The Morgan fingerprint density at radius 3 is 2.68 bits per heavy atom. The number of pyridine rings is 1. The molecule has 3 rings (SSSR count). The summed E-state index contributed by atoms with van der Waals surface area (Å²) in [5.41, 5.74) is 8.89. The van der Waals surface area contributed by atoms with Gasteiger partial charge in [-0.2, -0.15) is 0 Å². The number of aromatic nitrogens is 1. The topological polar surface area (TPSA) is 85.3 Å². The number of nitro benzene ring substituents is 1. The molecule has 0 amide bonds. The first-order chi connectivity index (χ1) is 9.15. The first kappa shape index (κ1) is 11.5. The predicted molar refractivity (Wildman–Crippen MR) is 71.6 cm³/mol. The van der Waals surface area contributed by atoms with Crippen molar-refractivity contribution in [2.45, 2.75) is 13.1 Å². The molecule has 0 bridgehead atoms. The van der Waals surface area contributed by atoms with Crippen molar-refractivity contribution in [2.75, 3.05) is 10.6 Å². The summed E-state index contributed by atoms with van der Waals surface area (Å²) >= 11 is 0. The molecule has 0 radical (unpaired) electrons. The van der Waals surface area contributed by atoms with E-state index in [9.17, 15) is 10.1 Å². The molecule has 1 aliphatic rings. The summed E-state index contributed by atoms with van der Waals surface area (Å²) in [5.74, 6) is 0. The number of hydrogen-bond acceptors (Lipinski definition) is 5. The van der Waals surface area contributed by atoms with Crippen LogP contribution in [0.25, 0.3) is 0 Å². The largest absolute Gasteiger partial charge is 0.393 e. The van der Waals surface area contributed by atoms with Crippen molar-refractivity contribution < 1.29 is 4.92 Å². The standard InChI is InChI=1S/C13H12N4O2/c14-12-4-9-7-16(11-2-1-3-15-6-11)8-10(9)5-13(12)17(18)19/h1-6H,7-8,14H2. The molecule has 0 spiro atoms. The highest BCUT2D eigenvalue weighted by molar-refractivity contribution is 5.64. The van der Waals surface area contributed by atoms with Crippen molar-refractivity contribution in [3.63, 3.8) is 0 Å². The molecule has 6 nitrogen and oxygen atoms in total. The summed E-state index contributed by atoms with van der Waals surface area (Å²) in [7, 11) is 0. The Balaban J connectivity index is 1.95. The summed E-state index contributed by atoms with van der Waals surface area (Å²) in [5, 5.41) is 10.9. The van der Waals surface area contributed by atoms with Crippen LogP contribution in [-0.2, 0) is 13.1 Å². The number of nitro groups is 1. The monoisotopic (exact) mass is 256 g/mol. The number of nitrogen functional groups attached to an aromatic ring is 1. The molecular formula is C13H12N4O2. The second-order valence-corrected chi connectivity index (χ2v) is 4.50. The molecule has 19 heavy (non-hydrogen) atoms. The zero-order chi connectivity index (χ0) is 13.4. The van der Waals surface area contributed by atoms with E-state index in [1.165, 1.54) is 0 Å². The normalized spacial score (nSPS) is 13.4. The quantitative estimate of drug-likeness (QED) is 0.505. The molecule has 2 N–H and O–H groups in total. The Labute approximate surface area is 109 Å². The molecule has 0 saturated carbocycles. The lowest BCUT2D eigenvalue weighted by Gasteiger charge is -2.16. The molecule has 96 valence electrons. The van der Waals surface area contributed by atoms with Gasteiger partial charge < -0.3 is 10.6 Å². The molecule has 2 heterocycles. The molecule has 0 atom stereocenters. The van der Waals surface area contributed by atoms with Crippen molar-refractivity contribution in [3.05, 3.63) is 57.9 Å². The van der Waals surface area contributed by atoms with Gasteiger partial charge in [-0.15, -0.1) is 0 Å². The Kier molecular flexibility index (Phi) is 2.56. The fourth-order valence-electron chi connectivity index (χ4n) is 2.34. The molecule has 1 aliphatic heterocycles. The van der Waals surface area contributed by atoms with Crippen LogP contribution in [-0.4, -0.2) is 9.91 Å². The minimum atomic E-state index is -0.442. The summed E-state index contributed by atoms with van der Waals surface area (Å²) in [6.45, 7) is 1.34. The minimum Gasteiger partial charge on any atom is -0.393 e. The molecule has 0 unspecified atom stereocenters. The first-order valence-electron chi connectivity index (χ1n) is 5.86. The van der Waals surface area contributed by atoms with Crippen molar-refractivity contribution in [1.29, 1.82) is 0 Å². The number of hydrogen-bond donors (Lipinski definition) is 1. The summed E-state index contributed by atoms with van der Waals surface area (Å²) < 4.78 is 0. The van der Waals surface area contributed by atoms with Gasteiger partial charge in [0.1, 0.15) is 5.69 Å². The summed E-state index contributed by atoms with van der Waals surface area (Å²) in [6.07, 6.45) is 3.50. The molecule has 0 fully saturated rings. The molecule has 1 aromatic carbocycles. The summed E-state index contributed by atoms with van der Waals surface area (Å²) in [4.78, 5) is 16.6. The molecule has 2 aromatic rings. The van der Waals surface area contributed by atoms with Crippen LogP contribution in [0.2, 0.25) is 0 Å². The van der Waals surface area contributed by atoms with Crippen LogP contribution in [0.3, 0.4) is 0 Å². The lowest BCUT2D eigenvalue weighted by molar-refractivity contribution is -0.384. The van der Waals surface area contributed by atoms with E-state index in [1.807, 2.05) is 12.1 Å². The first-order valence-corrected chi connectivity index (χ1v) is 5.86. The van der Waals surface area contributed by atoms with Gasteiger partial charge in [0, 0.05) is 25.4 Å². The highest BCUT2D eigenvalue weighted by atomic mass is 16.6. The smallest absolute Gasteiger partial charge is 0.292 e. The van der Waals surface area contributed by atoms with Crippen LogP contribution in [0.4, 0.5) is 17.1 Å². The van der Waals surface area contributed by atoms with Gasteiger partial charge in [-0.05, 0) is 29.3 Å². The highest BCUT2D eigenvalue weighted by Crippen LogP contribution is 2.33. The lowest BCUT2D eigenvalue weighted by atomic mass is 10.1. The van der Waals surface area contributed by atoms with Crippen LogP contribution in [0.5, 0.6) is 0 Å². The molecule has 6 heteroatoms. The fourth-order valence-corrected chi connectivity index (χ4v) is 2.34. The third-order valence-corrected chi connectivity index (χ3v) is 3.28. The average molecular weight is 256 g/mol. The van der Waals surface area contributed by atoms with Gasteiger partial charge >= 0.3 is 0 Å². The maximum atomic E-state index is 10.9. The zero-order valence-corrected chi connectivity index (χ0v) is 10.1. The van der Waals surface area contributed by atoms with Crippen LogP contribution < -0.4 is 10.6 Å². The minimum absolute atomic E-state index is 0.0215. The molecule has 0 saturated heterocycles. The van der Waals surface area contributed by atoms with E-state index in [4.69, 9.17) is 5.73 Å². The Hall–Kier alpha value is -2.63. The third-order valence-electron chi connectivity index (χ3n) is 3.28. The second-order valence-electron chi connectivity index (χ2n) is 4.50. The Morgan fingerprint density at radius 1 is 1.32 bits per heavy atom. The van der Waals surface area contributed by atoms with Crippen molar-refractivity contribution in [2.24, 2.45) is 0 Å². The molecule has 1 aromatic heterocycles. The van der Waals surface area contributed by atoms with Crippen molar-refractivity contribution >= 4 is 17.1 Å². The van der Waals surface area contributed by atoms with Gasteiger partial charge in [0.2, 0.25) is 0 Å². The van der Waals surface area contributed by atoms with E-state index in [0.717, 1.165) is 16.8 Å². The van der Waals surface area contributed by atoms with Crippen LogP contribution in [0.1, 0.15) is 11.1 Å². The number of benzene rings is 1. The lowest BCUT2D eigenvalue weighted by Crippen LogP contribution is -2.14. The van der Waals surface area contributed by atoms with E-state index in [2.05, 4.69) is 9.88 Å². The SMILES string of the molecule is Nc1cc2c(cc1[N+](=O)[O-])CN(c1cccnc1)C2. The Morgan fingerprint density at radius 2 is 2.05 bits per heavy atom. The maximum Gasteiger partial charge on any atom is 0.292 e. The van der Waals surface area contributed by atoms with E-state index >= 15 is 0 Å².